The summed E-state index contributed by atoms with van der Waals surface area (Å²) in [5.41, 5.74) is 1.99. The summed E-state index contributed by atoms with van der Waals surface area (Å²) in [5.74, 6) is -0.205. The molecule has 6 heteroatoms. The zero-order valence-corrected chi connectivity index (χ0v) is 13.1. The van der Waals surface area contributed by atoms with Crippen LogP contribution in [0.1, 0.15) is 11.4 Å². The van der Waals surface area contributed by atoms with Gasteiger partial charge in [-0.25, -0.2) is 0 Å². The van der Waals surface area contributed by atoms with Crippen LogP contribution in [-0.2, 0) is 11.3 Å². The van der Waals surface area contributed by atoms with Crippen molar-refractivity contribution >= 4 is 34.8 Å². The number of amides is 1. The number of nitrogens with one attached hydrogen (secondary N) is 1. The standard InChI is InChI=1S/C15H14Cl2N2O2/c1-9-5-12(20)6-10(2)19(9)8-15(21)18-11-3-4-13(16)14(17)7-11/h3-7H,8H2,1-2H3,(H,18,21). The predicted molar refractivity (Wildman–Crippen MR) is 85.3 cm³/mol. The van der Waals surface area contributed by atoms with Crippen LogP contribution in [0, 0.1) is 13.8 Å². The topological polar surface area (TPSA) is 51.1 Å². The SMILES string of the molecule is Cc1cc(=O)cc(C)n1CC(=O)Nc1ccc(Cl)c(Cl)c1. The third-order valence-corrected chi connectivity index (χ3v) is 3.80. The van der Waals surface area contributed by atoms with Gasteiger partial charge in [0.2, 0.25) is 5.91 Å². The summed E-state index contributed by atoms with van der Waals surface area (Å²) in [6, 6.07) is 7.89. The van der Waals surface area contributed by atoms with Crippen molar-refractivity contribution in [1.29, 1.82) is 0 Å². The predicted octanol–water partition coefficient (Wildman–Crippen LogP) is 3.41. The molecule has 0 saturated carbocycles. The van der Waals surface area contributed by atoms with Gasteiger partial charge in [0, 0.05) is 29.2 Å². The van der Waals surface area contributed by atoms with Crippen LogP contribution in [0.4, 0.5) is 5.69 Å². The number of pyridine rings is 1. The molecule has 4 nitrogen and oxygen atoms in total. The van der Waals surface area contributed by atoms with Gasteiger partial charge in [-0.15, -0.1) is 0 Å². The van der Waals surface area contributed by atoms with Crippen LogP contribution >= 0.6 is 23.2 Å². The third kappa shape index (κ3) is 3.86. The van der Waals surface area contributed by atoms with E-state index in [1.165, 1.54) is 12.1 Å². The Kier molecular flexibility index (Phi) is 4.70. The van der Waals surface area contributed by atoms with Gasteiger partial charge < -0.3 is 9.88 Å². The van der Waals surface area contributed by atoms with E-state index < -0.39 is 0 Å². The molecule has 0 aliphatic heterocycles. The smallest absolute Gasteiger partial charge is 0.244 e. The maximum atomic E-state index is 12.1. The highest BCUT2D eigenvalue weighted by Crippen LogP contribution is 2.24. The zero-order chi connectivity index (χ0) is 15.6. The summed E-state index contributed by atoms with van der Waals surface area (Å²) < 4.78 is 1.77. The number of aryl methyl sites for hydroxylation is 2. The molecule has 0 spiro atoms. The van der Waals surface area contributed by atoms with Gasteiger partial charge in [-0.1, -0.05) is 23.2 Å². The molecular weight excluding hydrogens is 311 g/mol. The van der Waals surface area contributed by atoms with E-state index in [0.29, 0.717) is 15.7 Å². The van der Waals surface area contributed by atoms with Gasteiger partial charge in [-0.05, 0) is 32.0 Å². The second-order valence-corrected chi connectivity index (χ2v) is 5.55. The van der Waals surface area contributed by atoms with Crippen molar-refractivity contribution in [2.75, 3.05) is 5.32 Å². The van der Waals surface area contributed by atoms with E-state index in [1.807, 2.05) is 0 Å². The molecule has 0 radical (unpaired) electrons. The van der Waals surface area contributed by atoms with E-state index in [1.54, 1.807) is 36.6 Å². The number of hydrogen-bond donors (Lipinski definition) is 1. The maximum Gasteiger partial charge on any atom is 0.244 e. The second-order valence-electron chi connectivity index (χ2n) is 4.74. The summed E-state index contributed by atoms with van der Waals surface area (Å²) in [7, 11) is 0. The van der Waals surface area contributed by atoms with Crippen molar-refractivity contribution in [2.45, 2.75) is 20.4 Å². The van der Waals surface area contributed by atoms with Gasteiger partial charge >= 0.3 is 0 Å². The van der Waals surface area contributed by atoms with Crippen LogP contribution in [0.2, 0.25) is 10.0 Å². The first-order valence-corrected chi connectivity index (χ1v) is 7.05. The number of aromatic nitrogens is 1. The number of hydrogen-bond acceptors (Lipinski definition) is 2. The maximum absolute atomic E-state index is 12.1. The monoisotopic (exact) mass is 324 g/mol. The molecule has 0 aliphatic carbocycles. The largest absolute Gasteiger partial charge is 0.340 e. The molecule has 0 unspecified atom stereocenters. The molecule has 0 saturated heterocycles. The highest BCUT2D eigenvalue weighted by molar-refractivity contribution is 6.42. The molecule has 1 aromatic heterocycles. The lowest BCUT2D eigenvalue weighted by Gasteiger charge is -2.14. The number of nitrogens with zero attached hydrogens (tertiary/aromatic N) is 1. The number of benzene rings is 1. The molecule has 0 fully saturated rings. The van der Waals surface area contributed by atoms with Crippen molar-refractivity contribution in [1.82, 2.24) is 4.57 Å². The third-order valence-electron chi connectivity index (χ3n) is 3.06. The highest BCUT2D eigenvalue weighted by atomic mass is 35.5. The Morgan fingerprint density at radius 1 is 1.10 bits per heavy atom. The number of rotatable bonds is 3. The fourth-order valence-corrected chi connectivity index (χ4v) is 2.35. The molecule has 1 N–H and O–H groups in total. The van der Waals surface area contributed by atoms with Gasteiger partial charge in [-0.3, -0.25) is 9.59 Å². The lowest BCUT2D eigenvalue weighted by molar-refractivity contribution is -0.116. The molecule has 0 bridgehead atoms. The van der Waals surface area contributed by atoms with E-state index in [0.717, 1.165) is 11.4 Å². The minimum atomic E-state index is -0.205. The molecule has 0 aliphatic rings. The molecule has 2 rings (SSSR count). The van der Waals surface area contributed by atoms with Crippen LogP contribution in [0.25, 0.3) is 0 Å². The van der Waals surface area contributed by atoms with E-state index in [-0.39, 0.29) is 17.9 Å². The van der Waals surface area contributed by atoms with Gasteiger partial charge in [0.1, 0.15) is 6.54 Å². The summed E-state index contributed by atoms with van der Waals surface area (Å²) in [4.78, 5) is 23.4. The average molecular weight is 325 g/mol. The summed E-state index contributed by atoms with van der Waals surface area (Å²) >= 11 is 11.7. The van der Waals surface area contributed by atoms with Crippen molar-refractivity contribution in [3.63, 3.8) is 0 Å². The molecule has 1 heterocycles. The molecule has 1 aromatic carbocycles. The number of anilines is 1. The summed E-state index contributed by atoms with van der Waals surface area (Å²) in [5, 5.41) is 3.56. The Morgan fingerprint density at radius 2 is 1.71 bits per heavy atom. The van der Waals surface area contributed by atoms with Crippen LogP contribution < -0.4 is 10.7 Å². The Morgan fingerprint density at radius 3 is 2.29 bits per heavy atom. The number of carbonyl (C=O) groups is 1. The Balaban J connectivity index is 2.15. The lowest BCUT2D eigenvalue weighted by atomic mass is 10.2. The molecular formula is C15H14Cl2N2O2. The lowest BCUT2D eigenvalue weighted by Crippen LogP contribution is -2.23. The first-order valence-electron chi connectivity index (χ1n) is 6.30. The van der Waals surface area contributed by atoms with Gasteiger partial charge in [-0.2, -0.15) is 0 Å². The molecule has 21 heavy (non-hydrogen) atoms. The molecule has 1 amide bonds. The first kappa shape index (κ1) is 15.6. The van der Waals surface area contributed by atoms with Crippen LogP contribution in [0.15, 0.2) is 35.1 Å². The van der Waals surface area contributed by atoms with Gasteiger partial charge in [0.05, 0.1) is 10.0 Å². The van der Waals surface area contributed by atoms with Crippen molar-refractivity contribution in [3.05, 3.63) is 62.0 Å². The van der Waals surface area contributed by atoms with E-state index in [9.17, 15) is 9.59 Å². The Bertz CT molecular complexity index is 728. The van der Waals surface area contributed by atoms with Gasteiger partial charge in [0.25, 0.3) is 0 Å². The highest BCUT2D eigenvalue weighted by Gasteiger charge is 2.08. The van der Waals surface area contributed by atoms with Crippen LogP contribution in [0.5, 0.6) is 0 Å². The van der Waals surface area contributed by atoms with Gasteiger partial charge in [0.15, 0.2) is 5.43 Å². The summed E-state index contributed by atoms with van der Waals surface area (Å²) in [6.45, 7) is 3.71. The van der Waals surface area contributed by atoms with Crippen molar-refractivity contribution < 1.29 is 4.79 Å². The quantitative estimate of drug-likeness (QED) is 0.940. The normalized spacial score (nSPS) is 10.5. The van der Waals surface area contributed by atoms with E-state index in [2.05, 4.69) is 5.32 Å². The first-order chi connectivity index (χ1) is 9.86. The number of halogens is 2. The Hall–Kier alpha value is -1.78. The minimum Gasteiger partial charge on any atom is -0.340 e. The van der Waals surface area contributed by atoms with Crippen LogP contribution in [-0.4, -0.2) is 10.5 Å². The molecule has 110 valence electrons. The van der Waals surface area contributed by atoms with Crippen molar-refractivity contribution in [3.8, 4) is 0 Å². The Labute approximate surface area is 132 Å². The molecule has 0 atom stereocenters. The number of carbonyl (C=O) groups excluding carboxylic acids is 1. The van der Waals surface area contributed by atoms with Crippen LogP contribution in [0.3, 0.4) is 0 Å². The summed E-state index contributed by atoms with van der Waals surface area (Å²) in [6.07, 6.45) is 0. The molecule has 2 aromatic rings. The second kappa shape index (κ2) is 6.33. The average Bonchev–Trinajstić information content (AvgIpc) is 2.38. The van der Waals surface area contributed by atoms with Crippen molar-refractivity contribution in [2.24, 2.45) is 0 Å². The van der Waals surface area contributed by atoms with E-state index >= 15 is 0 Å². The fourth-order valence-electron chi connectivity index (χ4n) is 2.05. The minimum absolute atomic E-state index is 0.0638. The van der Waals surface area contributed by atoms with E-state index in [4.69, 9.17) is 23.2 Å². The fraction of sp³-hybridized carbons (Fsp3) is 0.200. The zero-order valence-electron chi connectivity index (χ0n) is 11.6.